The van der Waals surface area contributed by atoms with Gasteiger partial charge in [0.15, 0.2) is 0 Å². The second kappa shape index (κ2) is 9.03. The molecule has 0 aliphatic carbocycles. The van der Waals surface area contributed by atoms with Gasteiger partial charge >= 0.3 is 0 Å². The number of hydrogen-bond donors (Lipinski definition) is 1. The van der Waals surface area contributed by atoms with Gasteiger partial charge in [0.2, 0.25) is 0 Å². The van der Waals surface area contributed by atoms with Gasteiger partial charge in [-0.25, -0.2) is 8.93 Å². The zero-order valence-corrected chi connectivity index (χ0v) is 18.8. The van der Waals surface area contributed by atoms with Gasteiger partial charge in [0, 0.05) is 20.4 Å². The van der Waals surface area contributed by atoms with Gasteiger partial charge < -0.3 is 0 Å². The molecule has 2 aromatic carbocycles. The van der Waals surface area contributed by atoms with Crippen LogP contribution in [0.4, 0.5) is 0 Å². The molecular weight excluding hydrogens is 453 g/mol. The molecule has 1 N–H and O–H groups in total. The fourth-order valence-corrected chi connectivity index (χ4v) is 4.17. The monoisotopic (exact) mass is 473 g/mol. The molecule has 2 rings (SSSR count). The van der Waals surface area contributed by atoms with Crippen LogP contribution in [-0.2, 0) is 11.0 Å². The van der Waals surface area contributed by atoms with Crippen molar-refractivity contribution in [2.75, 3.05) is 0 Å². The molecule has 1 unspecified atom stereocenters. The number of halogens is 3. The first kappa shape index (κ1) is 21.6. The second-order valence-electron chi connectivity index (χ2n) is 6.96. The summed E-state index contributed by atoms with van der Waals surface area (Å²) in [5.74, 6) is -0.118. The van der Waals surface area contributed by atoms with Crippen LogP contribution in [0, 0.1) is 0 Å². The molecule has 26 heavy (non-hydrogen) atoms. The molecule has 0 radical (unpaired) electrons. The number of benzene rings is 2. The molecule has 0 aromatic heterocycles. The van der Waals surface area contributed by atoms with Crippen LogP contribution in [0.25, 0.3) is 0 Å². The lowest BCUT2D eigenvalue weighted by atomic mass is 9.87. The van der Waals surface area contributed by atoms with E-state index in [2.05, 4.69) is 27.2 Å². The number of nitrogens with one attached hydrogen (secondary N) is 1. The molecule has 0 bridgehead atoms. The second-order valence-corrected chi connectivity index (χ2v) is 10.7. The van der Waals surface area contributed by atoms with Crippen LogP contribution in [0.15, 0.2) is 59.6 Å². The quantitative estimate of drug-likeness (QED) is 0.457. The minimum atomic E-state index is -1.28. The van der Waals surface area contributed by atoms with Crippen molar-refractivity contribution in [3.63, 3.8) is 0 Å². The van der Waals surface area contributed by atoms with Crippen molar-refractivity contribution >= 4 is 50.1 Å². The first-order chi connectivity index (χ1) is 12.1. The highest BCUT2D eigenvalue weighted by atomic mass is 79.9. The third kappa shape index (κ3) is 5.43. The summed E-state index contributed by atoms with van der Waals surface area (Å²) in [7, 11) is -1.28. The minimum absolute atomic E-state index is 0.118. The van der Waals surface area contributed by atoms with E-state index in [-0.39, 0.29) is 12.0 Å². The molecule has 0 heterocycles. The van der Waals surface area contributed by atoms with Gasteiger partial charge in [-0.1, -0.05) is 63.4 Å². The van der Waals surface area contributed by atoms with E-state index in [9.17, 15) is 4.21 Å². The Morgan fingerprint density at radius 2 is 1.77 bits per heavy atom. The highest BCUT2D eigenvalue weighted by Gasteiger charge is 2.30. The van der Waals surface area contributed by atoms with Crippen LogP contribution in [0.2, 0.25) is 10.0 Å². The third-order valence-corrected chi connectivity index (χ3v) is 6.63. The molecule has 2 nitrogen and oxygen atoms in total. The summed E-state index contributed by atoms with van der Waals surface area (Å²) in [6, 6.07) is 13.1. The first-order valence-electron chi connectivity index (χ1n) is 8.14. The van der Waals surface area contributed by atoms with E-state index in [1.165, 1.54) is 0 Å². The Morgan fingerprint density at radius 1 is 1.15 bits per heavy atom. The summed E-state index contributed by atoms with van der Waals surface area (Å²) in [5.41, 5.74) is 1.89. The first-order valence-corrected chi connectivity index (χ1v) is 10.8. The smallest absolute Gasteiger partial charge is 0.0976 e. The summed E-state index contributed by atoms with van der Waals surface area (Å²) < 4.78 is 16.7. The average Bonchev–Trinajstić information content (AvgIpc) is 2.55. The molecule has 0 fully saturated rings. The summed E-state index contributed by atoms with van der Waals surface area (Å²) in [5, 5.41) is 1.10. The van der Waals surface area contributed by atoms with Gasteiger partial charge in [0.05, 0.1) is 21.8 Å². The third-order valence-electron chi connectivity index (χ3n) is 3.96. The van der Waals surface area contributed by atoms with E-state index >= 15 is 0 Å². The van der Waals surface area contributed by atoms with Crippen molar-refractivity contribution in [1.82, 2.24) is 4.72 Å². The number of rotatable bonds is 6. The Bertz CT molecular complexity index is 802. The maximum atomic E-state index is 12.8. The standard InChI is InChI=1S/C20H22BrCl2NOS/c1-5-16(13-6-8-14(21)9-7-13)19(24-26(25)20(2,3)4)17-11-10-15(22)12-18(17)23/h5-12,16,19,24H,1H2,2-4H3/t16-,19-,26?/m1/s1. The Kier molecular flexibility index (Phi) is 7.52. The van der Waals surface area contributed by atoms with E-state index in [0.29, 0.717) is 10.0 Å². The van der Waals surface area contributed by atoms with E-state index in [0.717, 1.165) is 15.6 Å². The Labute approximate surface area is 176 Å². The fraction of sp³-hybridized carbons (Fsp3) is 0.300. The lowest BCUT2D eigenvalue weighted by molar-refractivity contribution is 0.566. The fourth-order valence-electron chi connectivity index (χ4n) is 2.53. The highest BCUT2D eigenvalue weighted by molar-refractivity contribution is 9.10. The van der Waals surface area contributed by atoms with Gasteiger partial charge in [0.25, 0.3) is 0 Å². The topological polar surface area (TPSA) is 29.1 Å². The summed E-state index contributed by atoms with van der Waals surface area (Å²) >= 11 is 16.0. The van der Waals surface area contributed by atoms with Crippen molar-refractivity contribution in [2.45, 2.75) is 37.5 Å². The summed E-state index contributed by atoms with van der Waals surface area (Å²) in [4.78, 5) is 0. The SMILES string of the molecule is C=C[C@H](c1ccc(Br)cc1)[C@@H](NS(=O)C(C)(C)C)c1ccc(Cl)cc1Cl. The summed E-state index contributed by atoms with van der Waals surface area (Å²) in [6.07, 6.45) is 1.85. The zero-order valence-electron chi connectivity index (χ0n) is 14.9. The molecule has 0 saturated heterocycles. The predicted molar refractivity (Wildman–Crippen MR) is 117 cm³/mol. The van der Waals surface area contributed by atoms with Crippen molar-refractivity contribution < 1.29 is 4.21 Å². The van der Waals surface area contributed by atoms with Gasteiger partial charge in [0.1, 0.15) is 0 Å². The average molecular weight is 475 g/mol. The van der Waals surface area contributed by atoms with Crippen molar-refractivity contribution in [3.8, 4) is 0 Å². The van der Waals surface area contributed by atoms with Gasteiger partial charge in [-0.3, -0.25) is 0 Å². The van der Waals surface area contributed by atoms with Crippen LogP contribution >= 0.6 is 39.1 Å². The zero-order chi connectivity index (χ0) is 19.5. The van der Waals surface area contributed by atoms with E-state index < -0.39 is 15.7 Å². The van der Waals surface area contributed by atoms with Crippen molar-refractivity contribution in [2.24, 2.45) is 0 Å². The molecular formula is C20H22BrCl2NOS. The Hall–Kier alpha value is -0.650. The Balaban J connectivity index is 2.52. The van der Waals surface area contributed by atoms with Gasteiger partial charge in [-0.05, 0) is 56.2 Å². The van der Waals surface area contributed by atoms with Crippen LogP contribution < -0.4 is 4.72 Å². The van der Waals surface area contributed by atoms with E-state index in [4.69, 9.17) is 23.2 Å². The van der Waals surface area contributed by atoms with Crippen LogP contribution in [0.3, 0.4) is 0 Å². The predicted octanol–water partition coefficient (Wildman–Crippen LogP) is 6.82. The maximum absolute atomic E-state index is 12.8. The maximum Gasteiger partial charge on any atom is 0.0976 e. The molecule has 0 amide bonds. The lowest BCUT2D eigenvalue weighted by Gasteiger charge is -2.30. The molecule has 6 heteroatoms. The molecule has 0 spiro atoms. The van der Waals surface area contributed by atoms with E-state index in [1.807, 2.05) is 57.2 Å². The van der Waals surface area contributed by atoms with Crippen molar-refractivity contribution in [3.05, 3.63) is 80.8 Å². The molecule has 2 aromatic rings. The van der Waals surface area contributed by atoms with Crippen LogP contribution in [0.1, 0.15) is 43.9 Å². The molecule has 0 saturated carbocycles. The normalized spacial score (nSPS) is 15.3. The molecule has 140 valence electrons. The molecule has 0 aliphatic rings. The molecule has 3 atom stereocenters. The lowest BCUT2D eigenvalue weighted by Crippen LogP contribution is -2.37. The minimum Gasteiger partial charge on any atom is -0.242 e. The number of hydrogen-bond acceptors (Lipinski definition) is 1. The van der Waals surface area contributed by atoms with Crippen LogP contribution in [-0.4, -0.2) is 8.96 Å². The highest BCUT2D eigenvalue weighted by Crippen LogP contribution is 2.37. The van der Waals surface area contributed by atoms with Crippen LogP contribution in [0.5, 0.6) is 0 Å². The Morgan fingerprint density at radius 3 is 2.27 bits per heavy atom. The van der Waals surface area contributed by atoms with Gasteiger partial charge in [-0.15, -0.1) is 6.58 Å². The summed E-state index contributed by atoms with van der Waals surface area (Å²) in [6.45, 7) is 9.79. The van der Waals surface area contributed by atoms with Gasteiger partial charge in [-0.2, -0.15) is 0 Å². The molecule has 0 aliphatic heterocycles. The van der Waals surface area contributed by atoms with Crippen molar-refractivity contribution in [1.29, 1.82) is 0 Å². The van der Waals surface area contributed by atoms with E-state index in [1.54, 1.807) is 12.1 Å². The largest absolute Gasteiger partial charge is 0.242 e.